The maximum Gasteiger partial charge on any atom is 0.417 e. The van der Waals surface area contributed by atoms with Gasteiger partial charge in [-0.25, -0.2) is 0 Å². The average molecular weight is 427 g/mol. The lowest BCUT2D eigenvalue weighted by atomic mass is 10.1. The third kappa shape index (κ3) is 4.48. The van der Waals surface area contributed by atoms with E-state index in [0.717, 1.165) is 17.7 Å². The van der Waals surface area contributed by atoms with E-state index in [2.05, 4.69) is 5.32 Å². The van der Waals surface area contributed by atoms with Gasteiger partial charge in [0.25, 0.3) is 0 Å². The van der Waals surface area contributed by atoms with E-state index in [0.29, 0.717) is 11.4 Å². The molecule has 1 aliphatic heterocycles. The van der Waals surface area contributed by atoms with E-state index in [9.17, 15) is 22.8 Å². The van der Waals surface area contributed by atoms with Crippen LogP contribution in [0.25, 0.3) is 0 Å². The lowest BCUT2D eigenvalue weighted by Crippen LogP contribution is -2.28. The first-order valence-electron chi connectivity index (χ1n) is 8.72. The molecule has 0 radical (unpaired) electrons. The molecule has 9 heteroatoms. The summed E-state index contributed by atoms with van der Waals surface area (Å²) in [6, 6.07) is 8.49. The molecule has 1 fully saturated rings. The van der Waals surface area contributed by atoms with Gasteiger partial charge in [0, 0.05) is 18.7 Å². The highest BCUT2D eigenvalue weighted by atomic mass is 35.5. The number of carbonyl (C=O) groups is 2. The minimum atomic E-state index is -4.64. The molecular formula is C20H18ClF3N2O3. The van der Waals surface area contributed by atoms with Crippen LogP contribution >= 0.6 is 11.6 Å². The van der Waals surface area contributed by atoms with Gasteiger partial charge in [-0.3, -0.25) is 9.59 Å². The molecule has 5 nitrogen and oxygen atoms in total. The molecule has 2 aromatic carbocycles. The summed E-state index contributed by atoms with van der Waals surface area (Å²) in [5, 5.41) is 1.99. The number of amides is 2. The molecule has 29 heavy (non-hydrogen) atoms. The Balaban J connectivity index is 1.77. The van der Waals surface area contributed by atoms with E-state index in [4.69, 9.17) is 16.3 Å². The van der Waals surface area contributed by atoms with Crippen molar-refractivity contribution in [1.29, 1.82) is 0 Å². The number of methoxy groups -OCH3 is 1. The van der Waals surface area contributed by atoms with Crippen molar-refractivity contribution in [3.05, 3.63) is 52.5 Å². The molecule has 1 unspecified atom stereocenters. The van der Waals surface area contributed by atoms with Crippen LogP contribution in [0.3, 0.4) is 0 Å². The van der Waals surface area contributed by atoms with Crippen LogP contribution in [-0.4, -0.2) is 25.5 Å². The molecule has 1 saturated heterocycles. The Bertz CT molecular complexity index is 962. The Morgan fingerprint density at radius 3 is 2.62 bits per heavy atom. The molecule has 1 N–H and O–H groups in total. The van der Waals surface area contributed by atoms with E-state index < -0.39 is 28.6 Å². The van der Waals surface area contributed by atoms with Crippen molar-refractivity contribution in [2.45, 2.75) is 19.5 Å². The lowest BCUT2D eigenvalue weighted by Gasteiger charge is -2.20. The van der Waals surface area contributed by atoms with E-state index >= 15 is 0 Å². The summed E-state index contributed by atoms with van der Waals surface area (Å²) in [4.78, 5) is 26.5. The number of anilines is 2. The van der Waals surface area contributed by atoms with Gasteiger partial charge in [0.2, 0.25) is 11.8 Å². The van der Waals surface area contributed by atoms with Crippen LogP contribution in [0.15, 0.2) is 36.4 Å². The number of hydrogen-bond donors (Lipinski definition) is 1. The standard InChI is InChI=1S/C20H18ClF3N2O3/c1-11-3-6-17(29-2)16(7-11)26-10-12(8-18(26)27)19(28)25-13-4-5-15(21)14(9-13)20(22,23)24/h3-7,9,12H,8,10H2,1-2H3,(H,25,28). The first-order valence-corrected chi connectivity index (χ1v) is 9.10. The summed E-state index contributed by atoms with van der Waals surface area (Å²) in [5.74, 6) is -1.01. The van der Waals surface area contributed by atoms with E-state index in [-0.39, 0.29) is 24.6 Å². The summed E-state index contributed by atoms with van der Waals surface area (Å²) in [6.07, 6.45) is -4.69. The molecule has 0 spiro atoms. The minimum absolute atomic E-state index is 0.0363. The van der Waals surface area contributed by atoms with Gasteiger partial charge in [0.05, 0.1) is 29.3 Å². The zero-order valence-electron chi connectivity index (χ0n) is 15.6. The van der Waals surface area contributed by atoms with Crippen LogP contribution in [0.5, 0.6) is 5.75 Å². The van der Waals surface area contributed by atoms with Crippen molar-refractivity contribution in [2.24, 2.45) is 5.92 Å². The maximum atomic E-state index is 13.0. The third-order valence-corrected chi connectivity index (χ3v) is 4.99. The van der Waals surface area contributed by atoms with Crippen LogP contribution < -0.4 is 15.0 Å². The highest BCUT2D eigenvalue weighted by Crippen LogP contribution is 2.37. The molecule has 0 aliphatic carbocycles. The minimum Gasteiger partial charge on any atom is -0.495 e. The molecule has 3 rings (SSSR count). The normalized spacial score (nSPS) is 16.8. The van der Waals surface area contributed by atoms with Crippen LogP contribution in [0.1, 0.15) is 17.5 Å². The number of ether oxygens (including phenoxy) is 1. The number of nitrogens with zero attached hydrogens (tertiary/aromatic N) is 1. The molecule has 0 saturated carbocycles. The van der Waals surface area contributed by atoms with Gasteiger partial charge < -0.3 is 15.0 Å². The molecular weight excluding hydrogens is 409 g/mol. The Hall–Kier alpha value is -2.74. The van der Waals surface area contributed by atoms with Crippen LogP contribution in [0.2, 0.25) is 5.02 Å². The predicted octanol–water partition coefficient (Wildman–Crippen LogP) is 4.67. The smallest absolute Gasteiger partial charge is 0.417 e. The van der Waals surface area contributed by atoms with Gasteiger partial charge in [0.15, 0.2) is 0 Å². The van der Waals surface area contributed by atoms with Gasteiger partial charge in [-0.2, -0.15) is 13.2 Å². The molecule has 2 aromatic rings. The predicted molar refractivity (Wildman–Crippen MR) is 103 cm³/mol. The highest BCUT2D eigenvalue weighted by molar-refractivity contribution is 6.31. The van der Waals surface area contributed by atoms with Crippen molar-refractivity contribution in [2.75, 3.05) is 23.9 Å². The fourth-order valence-electron chi connectivity index (χ4n) is 3.19. The van der Waals surface area contributed by atoms with E-state index in [1.54, 1.807) is 12.1 Å². The van der Waals surface area contributed by atoms with Crippen molar-refractivity contribution in [3.8, 4) is 5.75 Å². The van der Waals surface area contributed by atoms with E-state index in [1.165, 1.54) is 18.1 Å². The summed E-state index contributed by atoms with van der Waals surface area (Å²) >= 11 is 5.60. The van der Waals surface area contributed by atoms with Gasteiger partial charge in [-0.05, 0) is 42.8 Å². The number of rotatable bonds is 4. The number of nitrogens with one attached hydrogen (secondary N) is 1. The van der Waals surface area contributed by atoms with Gasteiger partial charge in [0.1, 0.15) is 5.75 Å². The van der Waals surface area contributed by atoms with E-state index in [1.807, 2.05) is 13.0 Å². The largest absolute Gasteiger partial charge is 0.495 e. The summed E-state index contributed by atoms with van der Waals surface area (Å²) in [6.45, 7) is 1.97. The van der Waals surface area contributed by atoms with Crippen molar-refractivity contribution >= 4 is 34.8 Å². The molecule has 1 aliphatic rings. The molecule has 154 valence electrons. The third-order valence-electron chi connectivity index (χ3n) is 4.66. The zero-order chi connectivity index (χ0) is 21.3. The number of benzene rings is 2. The number of carbonyl (C=O) groups excluding carboxylic acids is 2. The molecule has 1 heterocycles. The number of halogens is 4. The summed E-state index contributed by atoms with van der Waals surface area (Å²) in [5.41, 5.74) is 0.400. The fourth-order valence-corrected chi connectivity index (χ4v) is 3.42. The zero-order valence-corrected chi connectivity index (χ0v) is 16.4. The molecule has 0 aromatic heterocycles. The van der Waals surface area contributed by atoms with Crippen molar-refractivity contribution in [1.82, 2.24) is 0 Å². The first-order chi connectivity index (χ1) is 13.6. The van der Waals surface area contributed by atoms with Crippen molar-refractivity contribution in [3.63, 3.8) is 0 Å². The first kappa shape index (κ1) is 21.0. The second-order valence-electron chi connectivity index (χ2n) is 6.76. The van der Waals surface area contributed by atoms with Crippen molar-refractivity contribution < 1.29 is 27.5 Å². The van der Waals surface area contributed by atoms with Gasteiger partial charge in [-0.1, -0.05) is 17.7 Å². The van der Waals surface area contributed by atoms with Gasteiger partial charge >= 0.3 is 6.18 Å². The maximum absolute atomic E-state index is 13.0. The Morgan fingerprint density at radius 1 is 1.24 bits per heavy atom. The highest BCUT2D eigenvalue weighted by Gasteiger charge is 2.37. The Morgan fingerprint density at radius 2 is 1.97 bits per heavy atom. The number of aryl methyl sites for hydroxylation is 1. The average Bonchev–Trinajstić information content (AvgIpc) is 3.04. The topological polar surface area (TPSA) is 58.6 Å². The second kappa shape index (κ2) is 7.94. The summed E-state index contributed by atoms with van der Waals surface area (Å²) < 4.78 is 44.3. The second-order valence-corrected chi connectivity index (χ2v) is 7.17. The Kier molecular flexibility index (Phi) is 5.75. The Labute approximate surface area is 170 Å². The quantitative estimate of drug-likeness (QED) is 0.773. The summed E-state index contributed by atoms with van der Waals surface area (Å²) in [7, 11) is 1.48. The lowest BCUT2D eigenvalue weighted by molar-refractivity contribution is -0.137. The molecule has 1 atom stereocenters. The molecule has 2 amide bonds. The number of hydrogen-bond acceptors (Lipinski definition) is 3. The van der Waals surface area contributed by atoms with Crippen LogP contribution in [0, 0.1) is 12.8 Å². The fraction of sp³-hybridized carbons (Fsp3) is 0.300. The SMILES string of the molecule is COc1ccc(C)cc1N1CC(C(=O)Nc2ccc(Cl)c(C(F)(F)F)c2)CC1=O. The van der Waals surface area contributed by atoms with Crippen LogP contribution in [0.4, 0.5) is 24.5 Å². The van der Waals surface area contributed by atoms with Gasteiger partial charge in [-0.15, -0.1) is 0 Å². The molecule has 0 bridgehead atoms. The number of alkyl halides is 3. The van der Waals surface area contributed by atoms with Crippen LogP contribution in [-0.2, 0) is 15.8 Å². The monoisotopic (exact) mass is 426 g/mol.